The van der Waals surface area contributed by atoms with Crippen LogP contribution in [0.5, 0.6) is 0 Å². The molecule has 0 radical (unpaired) electrons. The Morgan fingerprint density at radius 1 is 1.10 bits per heavy atom. The van der Waals surface area contributed by atoms with Gasteiger partial charge in [0, 0.05) is 9.92 Å². The van der Waals surface area contributed by atoms with Gasteiger partial charge in [0.05, 0.1) is 11.5 Å². The third-order valence-electron chi connectivity index (χ3n) is 2.11. The molecule has 20 heavy (non-hydrogen) atoms. The lowest BCUT2D eigenvalue weighted by molar-refractivity contribution is -0.126. The molecule has 1 aromatic carbocycles. The molecule has 0 aliphatic heterocycles. The van der Waals surface area contributed by atoms with Gasteiger partial charge < -0.3 is 0 Å². The van der Waals surface area contributed by atoms with Crippen molar-refractivity contribution in [1.29, 1.82) is 0 Å². The molecule has 1 aromatic rings. The smallest absolute Gasteiger partial charge is 0.248 e. The maximum absolute atomic E-state index is 11.5. The van der Waals surface area contributed by atoms with Crippen LogP contribution in [0.3, 0.4) is 0 Å². The third kappa shape index (κ3) is 7.67. The lowest BCUT2D eigenvalue weighted by Gasteiger charge is -2.07. The fourth-order valence-electron chi connectivity index (χ4n) is 1.20. The molecule has 2 N–H and O–H groups in total. The molecule has 0 unspecified atom stereocenters. The number of hydrogen-bond acceptors (Lipinski definition) is 4. The summed E-state index contributed by atoms with van der Waals surface area (Å²) >= 11 is 8.70. The van der Waals surface area contributed by atoms with Crippen molar-refractivity contribution in [1.82, 2.24) is 10.9 Å². The lowest BCUT2D eigenvalue weighted by Crippen LogP contribution is -2.43. The average Bonchev–Trinajstić information content (AvgIpc) is 2.45. The normalized spacial score (nSPS) is 10.1. The molecule has 0 saturated carbocycles. The average molecular weight is 333 g/mol. The van der Waals surface area contributed by atoms with Gasteiger partial charge in [0.2, 0.25) is 11.8 Å². The van der Waals surface area contributed by atoms with Crippen molar-refractivity contribution in [2.75, 3.05) is 17.3 Å². The first-order valence-corrected chi connectivity index (χ1v) is 8.67. The van der Waals surface area contributed by atoms with E-state index in [0.717, 1.165) is 17.1 Å². The molecular formula is C13H17ClN2O2S2. The minimum Gasteiger partial charge on any atom is -0.272 e. The van der Waals surface area contributed by atoms with Crippen LogP contribution in [0.25, 0.3) is 0 Å². The number of halogens is 1. The number of thioether (sulfide) groups is 2. The summed E-state index contributed by atoms with van der Waals surface area (Å²) < 4.78 is 0. The van der Waals surface area contributed by atoms with E-state index in [-0.39, 0.29) is 17.6 Å². The Morgan fingerprint density at radius 3 is 2.30 bits per heavy atom. The maximum atomic E-state index is 11.5. The Bertz CT molecular complexity index is 441. The number of hydrogen-bond donors (Lipinski definition) is 2. The van der Waals surface area contributed by atoms with Gasteiger partial charge in [-0.15, -0.1) is 11.8 Å². The highest BCUT2D eigenvalue weighted by Crippen LogP contribution is 2.19. The van der Waals surface area contributed by atoms with Crippen LogP contribution in [0.15, 0.2) is 29.2 Å². The molecule has 0 heterocycles. The number of rotatable bonds is 7. The molecular weight excluding hydrogens is 316 g/mol. The van der Waals surface area contributed by atoms with Gasteiger partial charge in [-0.25, -0.2) is 0 Å². The van der Waals surface area contributed by atoms with Gasteiger partial charge in [-0.1, -0.05) is 18.5 Å². The largest absolute Gasteiger partial charge is 0.272 e. The summed E-state index contributed by atoms with van der Waals surface area (Å²) in [6.07, 6.45) is 1.03. The van der Waals surface area contributed by atoms with Crippen LogP contribution < -0.4 is 10.9 Å². The van der Waals surface area contributed by atoms with E-state index in [9.17, 15) is 9.59 Å². The van der Waals surface area contributed by atoms with Crippen LogP contribution in [-0.4, -0.2) is 29.1 Å². The van der Waals surface area contributed by atoms with Crippen molar-refractivity contribution in [3.05, 3.63) is 29.3 Å². The molecule has 0 atom stereocenters. The molecule has 4 nitrogen and oxygen atoms in total. The Balaban J connectivity index is 2.17. The predicted octanol–water partition coefficient (Wildman–Crippen LogP) is 2.72. The molecule has 0 saturated heterocycles. The van der Waals surface area contributed by atoms with Crippen molar-refractivity contribution in [3.8, 4) is 0 Å². The topological polar surface area (TPSA) is 58.2 Å². The van der Waals surface area contributed by atoms with Crippen LogP contribution in [0, 0.1) is 0 Å². The van der Waals surface area contributed by atoms with Crippen molar-refractivity contribution in [2.24, 2.45) is 0 Å². The molecule has 0 aliphatic rings. The SMILES string of the molecule is CCCSCC(=O)NNC(=O)CSc1ccc(Cl)cc1. The molecule has 0 bridgehead atoms. The van der Waals surface area contributed by atoms with E-state index < -0.39 is 0 Å². The van der Waals surface area contributed by atoms with E-state index in [4.69, 9.17) is 11.6 Å². The fourth-order valence-corrected chi connectivity index (χ4v) is 2.72. The van der Waals surface area contributed by atoms with E-state index in [0.29, 0.717) is 10.8 Å². The summed E-state index contributed by atoms with van der Waals surface area (Å²) in [6, 6.07) is 7.24. The quantitative estimate of drug-likeness (QED) is 0.458. The second-order valence-electron chi connectivity index (χ2n) is 3.89. The van der Waals surface area contributed by atoms with E-state index in [1.54, 1.807) is 23.9 Å². The predicted molar refractivity (Wildman–Crippen MR) is 86.1 cm³/mol. The van der Waals surface area contributed by atoms with Crippen molar-refractivity contribution < 1.29 is 9.59 Å². The first kappa shape index (κ1) is 17.2. The molecule has 0 spiro atoms. The minimum atomic E-state index is -0.237. The van der Waals surface area contributed by atoms with Gasteiger partial charge in [-0.3, -0.25) is 20.4 Å². The second kappa shape index (κ2) is 9.96. The summed E-state index contributed by atoms with van der Waals surface area (Å²) in [5.74, 6) is 1.11. The van der Waals surface area contributed by atoms with E-state index in [1.165, 1.54) is 11.8 Å². The van der Waals surface area contributed by atoms with Gasteiger partial charge in [-0.2, -0.15) is 11.8 Å². The lowest BCUT2D eigenvalue weighted by atomic mass is 10.4. The van der Waals surface area contributed by atoms with Crippen molar-refractivity contribution in [3.63, 3.8) is 0 Å². The number of amides is 2. The Labute approximate surface area is 132 Å². The summed E-state index contributed by atoms with van der Waals surface area (Å²) in [7, 11) is 0. The first-order valence-electron chi connectivity index (χ1n) is 6.15. The van der Waals surface area contributed by atoms with Crippen LogP contribution in [0.1, 0.15) is 13.3 Å². The molecule has 2 amide bonds. The highest BCUT2D eigenvalue weighted by atomic mass is 35.5. The Kier molecular flexibility index (Phi) is 8.57. The van der Waals surface area contributed by atoms with Gasteiger partial charge in [0.1, 0.15) is 0 Å². The zero-order valence-electron chi connectivity index (χ0n) is 11.1. The van der Waals surface area contributed by atoms with Gasteiger partial charge in [0.25, 0.3) is 0 Å². The summed E-state index contributed by atoms with van der Waals surface area (Å²) in [6.45, 7) is 2.06. The van der Waals surface area contributed by atoms with Crippen molar-refractivity contribution in [2.45, 2.75) is 18.2 Å². The van der Waals surface area contributed by atoms with Crippen LogP contribution >= 0.6 is 35.1 Å². The Morgan fingerprint density at radius 2 is 1.70 bits per heavy atom. The molecule has 0 aromatic heterocycles. The molecule has 0 fully saturated rings. The summed E-state index contributed by atoms with van der Waals surface area (Å²) in [5.41, 5.74) is 4.79. The Hall–Kier alpha value is -0.850. The minimum absolute atomic E-state index is 0.187. The number of hydrazine groups is 1. The summed E-state index contributed by atoms with van der Waals surface area (Å²) in [5, 5.41) is 0.663. The van der Waals surface area contributed by atoms with E-state index in [2.05, 4.69) is 17.8 Å². The zero-order chi connectivity index (χ0) is 14.8. The van der Waals surface area contributed by atoms with Crippen LogP contribution in [-0.2, 0) is 9.59 Å². The van der Waals surface area contributed by atoms with Crippen molar-refractivity contribution >= 4 is 46.9 Å². The summed E-state index contributed by atoms with van der Waals surface area (Å²) in [4.78, 5) is 23.9. The standard InChI is InChI=1S/C13H17ClN2O2S2/c1-2-7-19-8-12(17)15-16-13(18)9-20-11-5-3-10(14)4-6-11/h3-6H,2,7-9H2,1H3,(H,15,17)(H,16,18). The zero-order valence-corrected chi connectivity index (χ0v) is 13.5. The number of carbonyl (C=O) groups excluding carboxylic acids is 2. The molecule has 1 rings (SSSR count). The molecule has 7 heteroatoms. The maximum Gasteiger partial charge on any atom is 0.248 e. The molecule has 0 aliphatic carbocycles. The molecule has 110 valence electrons. The highest BCUT2D eigenvalue weighted by molar-refractivity contribution is 8.00. The van der Waals surface area contributed by atoms with Gasteiger partial charge in [0.15, 0.2) is 0 Å². The number of nitrogens with one attached hydrogen (secondary N) is 2. The second-order valence-corrected chi connectivity index (χ2v) is 6.48. The highest BCUT2D eigenvalue weighted by Gasteiger charge is 2.05. The third-order valence-corrected chi connectivity index (χ3v) is 4.53. The van der Waals surface area contributed by atoms with Gasteiger partial charge in [-0.05, 0) is 36.4 Å². The van der Waals surface area contributed by atoms with E-state index in [1.807, 2.05) is 12.1 Å². The van der Waals surface area contributed by atoms with Crippen LogP contribution in [0.2, 0.25) is 5.02 Å². The number of carbonyl (C=O) groups is 2. The van der Waals surface area contributed by atoms with Crippen LogP contribution in [0.4, 0.5) is 0 Å². The monoisotopic (exact) mass is 332 g/mol. The fraction of sp³-hybridized carbons (Fsp3) is 0.385. The number of benzene rings is 1. The van der Waals surface area contributed by atoms with Gasteiger partial charge >= 0.3 is 0 Å². The first-order chi connectivity index (χ1) is 9.61. The van der Waals surface area contributed by atoms with E-state index >= 15 is 0 Å².